The van der Waals surface area contributed by atoms with E-state index in [9.17, 15) is 21.6 Å². The number of ether oxygens (including phenoxy) is 1. The monoisotopic (exact) mass is 669 g/mol. The molecule has 1 aliphatic rings. The zero-order valence-electron chi connectivity index (χ0n) is 26.3. The number of pyridine rings is 1. The Morgan fingerprint density at radius 2 is 1.96 bits per heavy atom. The molecule has 0 fully saturated rings. The van der Waals surface area contributed by atoms with Gasteiger partial charge in [0.1, 0.15) is 16.5 Å². The zero-order chi connectivity index (χ0) is 33.2. The van der Waals surface area contributed by atoms with Gasteiger partial charge >= 0.3 is 0 Å². The van der Waals surface area contributed by atoms with Crippen LogP contribution in [-0.4, -0.2) is 72.0 Å². The lowest BCUT2D eigenvalue weighted by Gasteiger charge is -2.25. The first-order valence-corrected chi connectivity index (χ1v) is 18.3. The Balaban J connectivity index is 1.54. The van der Waals surface area contributed by atoms with Crippen molar-refractivity contribution in [1.82, 2.24) is 29.6 Å². The third kappa shape index (κ3) is 7.07. The van der Waals surface area contributed by atoms with Gasteiger partial charge in [-0.15, -0.1) is 5.10 Å². The summed E-state index contributed by atoms with van der Waals surface area (Å²) in [4.78, 5) is 17.4. The number of hydrogen-bond donors (Lipinski definition) is 2. The van der Waals surface area contributed by atoms with Crippen LogP contribution in [0, 0.1) is 13.8 Å². The van der Waals surface area contributed by atoms with E-state index >= 15 is 0 Å². The van der Waals surface area contributed by atoms with Crippen LogP contribution in [0.4, 0.5) is 0 Å². The fourth-order valence-corrected chi connectivity index (χ4v) is 7.65. The molecule has 0 unspecified atom stereocenters. The number of nitrogens with one attached hydrogen (secondary N) is 1. The molecule has 4 aromatic rings. The molecule has 0 aliphatic carbocycles. The van der Waals surface area contributed by atoms with Gasteiger partial charge in [0.15, 0.2) is 0 Å². The molecule has 0 saturated heterocycles. The molecular formula is C31H39N7O6S2. The molecule has 0 bridgehead atoms. The van der Waals surface area contributed by atoms with Gasteiger partial charge < -0.3 is 10.1 Å². The maximum Gasteiger partial charge on any atom is 0.248 e. The van der Waals surface area contributed by atoms with Crippen molar-refractivity contribution < 1.29 is 26.4 Å². The standard InChI is InChI=1S/C31H39N7O6S2/c1-5-24-19-37(46(42,43)28-8-7-13-34-31(28)44-24)18-23-16-22(10-9-20(23)3)26(17-29(39)33-14-15-45(32,40)41)25-11-12-27-30(21(25)4)35-36-38(27)6-2/h7-13,16,24,26H,5-6,14-15,17-19H2,1-4H3,(H,33,39)(H2,32,40,41)/t24-,26+/m1/s1. The van der Waals surface area contributed by atoms with Crippen molar-refractivity contribution >= 4 is 37.0 Å². The summed E-state index contributed by atoms with van der Waals surface area (Å²) in [5.74, 6) is -1.09. The molecule has 0 saturated carbocycles. The van der Waals surface area contributed by atoms with Crippen LogP contribution in [0.15, 0.2) is 53.6 Å². The van der Waals surface area contributed by atoms with E-state index in [2.05, 4.69) is 20.6 Å². The fraction of sp³-hybridized carbons (Fsp3) is 0.419. The molecule has 1 amide bonds. The summed E-state index contributed by atoms with van der Waals surface area (Å²) >= 11 is 0. The fourth-order valence-electron chi connectivity index (χ4n) is 5.74. The number of primary sulfonamides is 1. The second-order valence-electron chi connectivity index (χ2n) is 11.5. The van der Waals surface area contributed by atoms with Gasteiger partial charge in [0, 0.05) is 38.2 Å². The quantitative estimate of drug-likeness (QED) is 0.243. The van der Waals surface area contributed by atoms with E-state index in [1.165, 1.54) is 16.6 Å². The van der Waals surface area contributed by atoms with Gasteiger partial charge in [0.2, 0.25) is 31.8 Å². The van der Waals surface area contributed by atoms with Crippen molar-refractivity contribution in [2.24, 2.45) is 5.14 Å². The summed E-state index contributed by atoms with van der Waals surface area (Å²) in [5, 5.41) is 16.4. The van der Waals surface area contributed by atoms with Crippen LogP contribution >= 0.6 is 0 Å². The van der Waals surface area contributed by atoms with Crippen molar-refractivity contribution in [3.05, 3.63) is 76.5 Å². The molecule has 1 aliphatic heterocycles. The van der Waals surface area contributed by atoms with E-state index in [0.29, 0.717) is 13.0 Å². The Kier molecular flexibility index (Phi) is 9.77. The summed E-state index contributed by atoms with van der Waals surface area (Å²) in [7, 11) is -7.67. The lowest BCUT2D eigenvalue weighted by molar-refractivity contribution is -0.121. The number of benzene rings is 2. The third-order valence-corrected chi connectivity index (χ3v) is 11.0. The van der Waals surface area contributed by atoms with Crippen molar-refractivity contribution in [2.75, 3.05) is 18.8 Å². The molecule has 13 nitrogen and oxygen atoms in total. The number of nitrogens with two attached hydrogens (primary N) is 1. The van der Waals surface area contributed by atoms with Crippen LogP contribution in [0.3, 0.4) is 0 Å². The molecule has 0 spiro atoms. The van der Waals surface area contributed by atoms with Crippen molar-refractivity contribution in [3.8, 4) is 5.88 Å². The molecule has 246 valence electrons. The Morgan fingerprint density at radius 3 is 2.67 bits per heavy atom. The number of hydrogen-bond acceptors (Lipinski definition) is 9. The highest BCUT2D eigenvalue weighted by Crippen LogP contribution is 2.36. The highest BCUT2D eigenvalue weighted by molar-refractivity contribution is 7.89. The average Bonchev–Trinajstić information content (AvgIpc) is 3.40. The molecular weight excluding hydrogens is 631 g/mol. The Bertz CT molecular complexity index is 1980. The number of rotatable bonds is 11. The number of carbonyl (C=O) groups excluding carboxylic acids is 1. The van der Waals surface area contributed by atoms with Crippen LogP contribution < -0.4 is 15.2 Å². The maximum absolute atomic E-state index is 13.8. The largest absolute Gasteiger partial charge is 0.472 e. The lowest BCUT2D eigenvalue weighted by Crippen LogP contribution is -2.36. The number of carbonyl (C=O) groups is 1. The molecule has 15 heteroatoms. The Hall–Kier alpha value is -3.92. The minimum atomic E-state index is -3.93. The number of amides is 1. The highest BCUT2D eigenvalue weighted by atomic mass is 32.2. The normalized spacial score (nSPS) is 17.2. The number of aryl methyl sites for hydroxylation is 3. The predicted octanol–water partition coefficient (Wildman–Crippen LogP) is 2.75. The number of sulfonamides is 2. The van der Waals surface area contributed by atoms with E-state index < -0.39 is 26.0 Å². The van der Waals surface area contributed by atoms with Gasteiger partial charge in [-0.1, -0.05) is 36.4 Å². The smallest absolute Gasteiger partial charge is 0.248 e. The zero-order valence-corrected chi connectivity index (χ0v) is 27.9. The number of aromatic nitrogens is 4. The van der Waals surface area contributed by atoms with Gasteiger partial charge in [0.05, 0.1) is 17.8 Å². The van der Waals surface area contributed by atoms with Gasteiger partial charge in [-0.25, -0.2) is 31.6 Å². The third-order valence-electron chi connectivity index (χ3n) is 8.37. The van der Waals surface area contributed by atoms with Crippen LogP contribution in [0.5, 0.6) is 5.88 Å². The first kappa shape index (κ1) is 33.4. The molecule has 46 heavy (non-hydrogen) atoms. The van der Waals surface area contributed by atoms with Crippen molar-refractivity contribution in [1.29, 1.82) is 0 Å². The van der Waals surface area contributed by atoms with E-state index in [4.69, 9.17) is 9.88 Å². The summed E-state index contributed by atoms with van der Waals surface area (Å²) in [6.45, 7) is 8.55. The summed E-state index contributed by atoms with van der Waals surface area (Å²) < 4.78 is 59.8. The molecule has 0 radical (unpaired) electrons. The van der Waals surface area contributed by atoms with Gasteiger partial charge in [-0.05, 0) is 73.2 Å². The average molecular weight is 670 g/mol. The topological polar surface area (TPSA) is 179 Å². The minimum absolute atomic E-state index is 0.00812. The second kappa shape index (κ2) is 13.4. The number of nitrogens with zero attached hydrogens (tertiary/aromatic N) is 5. The van der Waals surface area contributed by atoms with E-state index in [1.54, 1.807) is 10.7 Å². The van der Waals surface area contributed by atoms with Gasteiger partial charge in [-0.2, -0.15) is 4.31 Å². The van der Waals surface area contributed by atoms with Crippen molar-refractivity contribution in [3.63, 3.8) is 0 Å². The van der Waals surface area contributed by atoms with Crippen molar-refractivity contribution in [2.45, 2.75) is 70.5 Å². The van der Waals surface area contributed by atoms with Crippen LogP contribution in [0.1, 0.15) is 60.4 Å². The molecule has 2 aromatic heterocycles. The molecule has 3 N–H and O–H groups in total. The second-order valence-corrected chi connectivity index (χ2v) is 15.1. The Morgan fingerprint density at radius 1 is 1.17 bits per heavy atom. The molecule has 2 atom stereocenters. The van der Waals surface area contributed by atoms with Gasteiger partial charge in [-0.3, -0.25) is 4.79 Å². The molecule has 3 heterocycles. The summed E-state index contributed by atoms with van der Waals surface area (Å²) in [6.07, 6.45) is 1.73. The summed E-state index contributed by atoms with van der Waals surface area (Å²) in [5.41, 5.74) is 5.78. The lowest BCUT2D eigenvalue weighted by atomic mass is 9.84. The first-order valence-electron chi connectivity index (χ1n) is 15.1. The van der Waals surface area contributed by atoms with Crippen LogP contribution in [0.25, 0.3) is 11.0 Å². The minimum Gasteiger partial charge on any atom is -0.472 e. The SMILES string of the molecule is CC[C@@H]1CN(Cc2cc([C@H](CC(=O)NCCS(N)(=O)=O)c3ccc4c(nnn4CC)c3C)ccc2C)S(=O)(=O)c2cccnc2O1. The van der Waals surface area contributed by atoms with E-state index in [0.717, 1.165) is 38.9 Å². The summed E-state index contributed by atoms with van der Waals surface area (Å²) in [6, 6.07) is 12.8. The Labute approximate surface area is 269 Å². The highest BCUT2D eigenvalue weighted by Gasteiger charge is 2.35. The first-order chi connectivity index (χ1) is 21.8. The molecule has 5 rings (SSSR count). The number of fused-ring (bicyclic) bond motifs is 2. The predicted molar refractivity (Wildman–Crippen MR) is 173 cm³/mol. The van der Waals surface area contributed by atoms with Crippen LogP contribution in [0.2, 0.25) is 0 Å². The molecule has 2 aromatic carbocycles. The van der Waals surface area contributed by atoms with Crippen LogP contribution in [-0.2, 0) is 37.9 Å². The maximum atomic E-state index is 13.8. The van der Waals surface area contributed by atoms with E-state index in [-0.39, 0.29) is 54.6 Å². The van der Waals surface area contributed by atoms with Gasteiger partial charge in [0.25, 0.3) is 0 Å². The van der Waals surface area contributed by atoms with E-state index in [1.807, 2.05) is 58.0 Å².